The number of fused-ring (bicyclic) bond motifs is 1. The zero-order valence-corrected chi connectivity index (χ0v) is 17.2. The Labute approximate surface area is 177 Å². The summed E-state index contributed by atoms with van der Waals surface area (Å²) in [6.45, 7) is 8.17. The molecule has 9 nitrogen and oxygen atoms in total. The van der Waals surface area contributed by atoms with E-state index in [1.165, 1.54) is 0 Å². The molecule has 1 fully saturated rings. The van der Waals surface area contributed by atoms with Crippen LogP contribution in [-0.2, 0) is 6.54 Å². The molecule has 4 rings (SSSR count). The standard InChI is InChI=1S/C20H27N7O2.CH4/c1-12-10-26(13(2)9-25(12)4)20(29)27-11-15-17(14(27)3)23-24-18(15)22-19(28)16-7-5-6-8-21-16;/h5-8,12-14H,9-11H2,1-4H3,(H2,22,23,24,28);1H4/t12-,13+,14?;/m1./s1. The van der Waals surface area contributed by atoms with Gasteiger partial charge in [0.1, 0.15) is 5.69 Å². The molecule has 3 atom stereocenters. The summed E-state index contributed by atoms with van der Waals surface area (Å²) in [6, 6.07) is 5.53. The van der Waals surface area contributed by atoms with Crippen LogP contribution in [0.1, 0.15) is 56.0 Å². The van der Waals surface area contributed by atoms with Gasteiger partial charge in [-0.15, -0.1) is 0 Å². The lowest BCUT2D eigenvalue weighted by atomic mass is 10.1. The van der Waals surface area contributed by atoms with Gasteiger partial charge < -0.3 is 15.1 Å². The van der Waals surface area contributed by atoms with E-state index in [-0.39, 0.29) is 31.4 Å². The van der Waals surface area contributed by atoms with Crippen molar-refractivity contribution in [1.29, 1.82) is 0 Å². The number of nitrogens with zero attached hydrogens (tertiary/aromatic N) is 5. The number of hydrogen-bond acceptors (Lipinski definition) is 5. The molecule has 0 aromatic carbocycles. The van der Waals surface area contributed by atoms with Gasteiger partial charge in [-0.2, -0.15) is 5.10 Å². The van der Waals surface area contributed by atoms with Crippen molar-refractivity contribution in [2.75, 3.05) is 25.5 Å². The van der Waals surface area contributed by atoms with E-state index in [2.05, 4.69) is 46.3 Å². The molecular weight excluding hydrogens is 382 g/mol. The second kappa shape index (κ2) is 8.43. The first-order chi connectivity index (χ1) is 13.9. The summed E-state index contributed by atoms with van der Waals surface area (Å²) in [5.74, 6) is 0.136. The van der Waals surface area contributed by atoms with Crippen molar-refractivity contribution in [3.8, 4) is 0 Å². The van der Waals surface area contributed by atoms with Gasteiger partial charge >= 0.3 is 6.03 Å². The first kappa shape index (κ1) is 21.8. The molecule has 4 heterocycles. The van der Waals surface area contributed by atoms with Crippen LogP contribution in [0.3, 0.4) is 0 Å². The molecule has 2 aromatic rings. The van der Waals surface area contributed by atoms with Crippen molar-refractivity contribution in [1.82, 2.24) is 29.9 Å². The van der Waals surface area contributed by atoms with Crippen molar-refractivity contribution in [3.05, 3.63) is 41.3 Å². The molecule has 2 aromatic heterocycles. The van der Waals surface area contributed by atoms with Crippen LogP contribution >= 0.6 is 0 Å². The molecule has 0 radical (unpaired) electrons. The summed E-state index contributed by atoms with van der Waals surface area (Å²) < 4.78 is 0. The van der Waals surface area contributed by atoms with Crippen LogP contribution in [0, 0.1) is 0 Å². The number of hydrogen-bond donors (Lipinski definition) is 2. The molecular formula is C21H31N7O2. The summed E-state index contributed by atoms with van der Waals surface area (Å²) in [4.78, 5) is 35.9. The lowest BCUT2D eigenvalue weighted by Crippen LogP contribution is -2.59. The number of piperazine rings is 1. The van der Waals surface area contributed by atoms with E-state index in [4.69, 9.17) is 0 Å². The minimum Gasteiger partial charge on any atom is -0.319 e. The molecule has 2 N–H and O–H groups in total. The number of carbonyl (C=O) groups excluding carboxylic acids is 2. The molecule has 9 heteroatoms. The SMILES string of the molecule is C.CC1c2[nH]nc(NC(=O)c3ccccn3)c2CN1C(=O)N1C[C@@H](C)N(C)C[C@@H]1C. The van der Waals surface area contributed by atoms with Crippen LogP contribution in [0.25, 0.3) is 0 Å². The molecule has 1 unspecified atom stereocenters. The van der Waals surface area contributed by atoms with Crippen molar-refractivity contribution in [2.45, 2.75) is 52.9 Å². The molecule has 0 saturated carbocycles. The lowest BCUT2D eigenvalue weighted by Gasteiger charge is -2.44. The van der Waals surface area contributed by atoms with E-state index in [0.29, 0.717) is 30.6 Å². The highest BCUT2D eigenvalue weighted by molar-refractivity contribution is 6.02. The van der Waals surface area contributed by atoms with Crippen molar-refractivity contribution >= 4 is 17.8 Å². The molecule has 2 aliphatic heterocycles. The van der Waals surface area contributed by atoms with Crippen LogP contribution in [0.5, 0.6) is 0 Å². The summed E-state index contributed by atoms with van der Waals surface area (Å²) in [7, 11) is 2.09. The Morgan fingerprint density at radius 1 is 1.13 bits per heavy atom. The topological polar surface area (TPSA) is 97.5 Å². The van der Waals surface area contributed by atoms with Gasteiger partial charge in [0.15, 0.2) is 5.82 Å². The van der Waals surface area contributed by atoms with Gasteiger partial charge in [-0.3, -0.25) is 19.8 Å². The minimum absolute atomic E-state index is 0. The van der Waals surface area contributed by atoms with Crippen LogP contribution in [0.15, 0.2) is 24.4 Å². The van der Waals surface area contributed by atoms with Gasteiger partial charge in [-0.1, -0.05) is 13.5 Å². The highest BCUT2D eigenvalue weighted by Gasteiger charge is 2.40. The average Bonchev–Trinajstić information content (AvgIpc) is 3.25. The quantitative estimate of drug-likeness (QED) is 0.789. The molecule has 0 bridgehead atoms. The maximum atomic E-state index is 13.3. The van der Waals surface area contributed by atoms with Gasteiger partial charge in [0.2, 0.25) is 0 Å². The Morgan fingerprint density at radius 3 is 2.60 bits per heavy atom. The third kappa shape index (κ3) is 3.77. The van der Waals surface area contributed by atoms with Crippen LogP contribution in [-0.4, -0.2) is 74.0 Å². The van der Waals surface area contributed by atoms with Gasteiger partial charge in [0.05, 0.1) is 18.3 Å². The van der Waals surface area contributed by atoms with Crippen LogP contribution < -0.4 is 5.32 Å². The summed E-state index contributed by atoms with van der Waals surface area (Å²) in [5, 5.41) is 10.1. The Kier molecular flexibility index (Phi) is 6.12. The normalized spacial score (nSPS) is 23.7. The smallest absolute Gasteiger partial charge is 0.319 e. The second-order valence-corrected chi connectivity index (χ2v) is 8.01. The molecule has 3 amide bonds. The van der Waals surface area contributed by atoms with E-state index in [1.54, 1.807) is 24.4 Å². The fraction of sp³-hybridized carbons (Fsp3) is 0.524. The summed E-state index contributed by atoms with van der Waals surface area (Å²) >= 11 is 0. The second-order valence-electron chi connectivity index (χ2n) is 8.01. The number of carbonyl (C=O) groups is 2. The summed E-state index contributed by atoms with van der Waals surface area (Å²) in [5.41, 5.74) is 2.04. The van der Waals surface area contributed by atoms with Crippen LogP contribution in [0.4, 0.5) is 10.6 Å². The molecule has 0 spiro atoms. The molecule has 2 aliphatic rings. The molecule has 0 aliphatic carbocycles. The third-order valence-electron chi connectivity index (χ3n) is 6.03. The van der Waals surface area contributed by atoms with E-state index < -0.39 is 0 Å². The summed E-state index contributed by atoms with van der Waals surface area (Å²) in [6.07, 6.45) is 1.57. The lowest BCUT2D eigenvalue weighted by molar-refractivity contribution is 0.0584. The zero-order valence-electron chi connectivity index (χ0n) is 17.2. The number of amides is 3. The van der Waals surface area contributed by atoms with Gasteiger partial charge in [0.25, 0.3) is 5.91 Å². The van der Waals surface area contributed by atoms with E-state index in [0.717, 1.165) is 17.8 Å². The number of anilines is 1. The van der Waals surface area contributed by atoms with Crippen molar-refractivity contribution in [2.24, 2.45) is 0 Å². The number of rotatable bonds is 2. The van der Waals surface area contributed by atoms with E-state index in [1.807, 2.05) is 16.7 Å². The van der Waals surface area contributed by atoms with Gasteiger partial charge in [-0.25, -0.2) is 4.79 Å². The Hall–Kier alpha value is -2.94. The van der Waals surface area contributed by atoms with Crippen molar-refractivity contribution in [3.63, 3.8) is 0 Å². The Morgan fingerprint density at radius 2 is 1.90 bits per heavy atom. The zero-order chi connectivity index (χ0) is 20.7. The Balaban J connectivity index is 0.00000256. The number of pyridine rings is 1. The number of likely N-dealkylation sites (N-methyl/N-ethyl adjacent to an activating group) is 1. The first-order valence-electron chi connectivity index (χ1n) is 9.93. The van der Waals surface area contributed by atoms with E-state index >= 15 is 0 Å². The van der Waals surface area contributed by atoms with Gasteiger partial charge in [-0.05, 0) is 40.0 Å². The van der Waals surface area contributed by atoms with E-state index in [9.17, 15) is 9.59 Å². The van der Waals surface area contributed by atoms with Crippen LogP contribution in [0.2, 0.25) is 0 Å². The van der Waals surface area contributed by atoms with Crippen molar-refractivity contribution < 1.29 is 9.59 Å². The predicted octanol–water partition coefficient (Wildman–Crippen LogP) is 2.71. The maximum Gasteiger partial charge on any atom is 0.321 e. The molecule has 30 heavy (non-hydrogen) atoms. The number of aromatic nitrogens is 3. The van der Waals surface area contributed by atoms with Gasteiger partial charge in [0, 0.05) is 36.9 Å². The predicted molar refractivity (Wildman–Crippen MR) is 115 cm³/mol. The highest BCUT2D eigenvalue weighted by atomic mass is 16.2. The fourth-order valence-corrected chi connectivity index (χ4v) is 4.08. The molecule has 162 valence electrons. The maximum absolute atomic E-state index is 13.3. The number of aromatic amines is 1. The highest BCUT2D eigenvalue weighted by Crippen LogP contribution is 2.37. The number of nitrogens with one attached hydrogen (secondary N) is 2. The largest absolute Gasteiger partial charge is 0.321 e. The first-order valence-corrected chi connectivity index (χ1v) is 9.93. The third-order valence-corrected chi connectivity index (χ3v) is 6.03. The Bertz CT molecular complexity index is 913. The monoisotopic (exact) mass is 413 g/mol. The number of H-pyrrole nitrogens is 1. The average molecular weight is 414 g/mol. The number of urea groups is 1. The molecule has 1 saturated heterocycles. The minimum atomic E-state index is -0.321. The fourth-order valence-electron chi connectivity index (χ4n) is 4.08.